The number of hydrogen-bond acceptors (Lipinski definition) is 5. The molecule has 0 unspecified atom stereocenters. The zero-order valence-electron chi connectivity index (χ0n) is 17.3. The van der Waals surface area contributed by atoms with Crippen LogP contribution in [0.4, 0.5) is 17.5 Å². The van der Waals surface area contributed by atoms with E-state index in [2.05, 4.69) is 76.6 Å². The summed E-state index contributed by atoms with van der Waals surface area (Å²) in [6.07, 6.45) is 0.990. The molecule has 3 aromatic rings. The van der Waals surface area contributed by atoms with Gasteiger partial charge in [0.15, 0.2) is 0 Å². The first-order chi connectivity index (χ1) is 14.2. The average Bonchev–Trinajstić information content (AvgIpc) is 2.75. The topological polar surface area (TPSA) is 44.3 Å². The Labute approximate surface area is 173 Å². The molecule has 0 bridgehead atoms. The minimum Gasteiger partial charge on any atom is -0.340 e. The summed E-state index contributed by atoms with van der Waals surface area (Å²) in [5.41, 5.74) is 4.76. The molecule has 1 N–H and O–H groups in total. The highest BCUT2D eigenvalue weighted by Crippen LogP contribution is 2.23. The van der Waals surface area contributed by atoms with E-state index >= 15 is 0 Å². The van der Waals surface area contributed by atoms with E-state index in [-0.39, 0.29) is 0 Å². The molecule has 1 saturated heterocycles. The standard InChI is InChI=1S/C24H29N5/c1-3-21-11-7-8-12-22(21)26-23-17-19(2)25-24(27-23)29-15-13-28(14-16-29)18-20-9-5-4-6-10-20/h4-12,17H,3,13-16,18H2,1-2H3,(H,25,26,27). The molecule has 29 heavy (non-hydrogen) atoms. The van der Waals surface area contributed by atoms with Crippen molar-refractivity contribution in [1.29, 1.82) is 0 Å². The predicted molar refractivity (Wildman–Crippen MR) is 120 cm³/mol. The van der Waals surface area contributed by atoms with Crippen LogP contribution >= 0.6 is 0 Å². The van der Waals surface area contributed by atoms with Crippen molar-refractivity contribution in [1.82, 2.24) is 14.9 Å². The number of nitrogens with one attached hydrogen (secondary N) is 1. The largest absolute Gasteiger partial charge is 0.340 e. The highest BCUT2D eigenvalue weighted by Gasteiger charge is 2.20. The lowest BCUT2D eigenvalue weighted by atomic mass is 10.1. The van der Waals surface area contributed by atoms with Crippen molar-refractivity contribution in [3.8, 4) is 0 Å². The number of nitrogens with zero attached hydrogens (tertiary/aromatic N) is 4. The molecule has 0 spiro atoms. The van der Waals surface area contributed by atoms with Crippen molar-refractivity contribution in [2.24, 2.45) is 0 Å². The molecule has 2 heterocycles. The molecular formula is C24H29N5. The summed E-state index contributed by atoms with van der Waals surface area (Å²) in [7, 11) is 0. The fourth-order valence-electron chi connectivity index (χ4n) is 3.79. The van der Waals surface area contributed by atoms with Crippen LogP contribution in [0.15, 0.2) is 60.7 Å². The summed E-state index contributed by atoms with van der Waals surface area (Å²) in [6.45, 7) is 9.15. The molecule has 0 amide bonds. The Bertz CT molecular complexity index is 933. The van der Waals surface area contributed by atoms with Gasteiger partial charge in [0.25, 0.3) is 0 Å². The van der Waals surface area contributed by atoms with Gasteiger partial charge in [-0.3, -0.25) is 4.90 Å². The van der Waals surface area contributed by atoms with Crippen LogP contribution in [0.2, 0.25) is 0 Å². The molecule has 1 aromatic heterocycles. The van der Waals surface area contributed by atoms with E-state index < -0.39 is 0 Å². The highest BCUT2D eigenvalue weighted by atomic mass is 15.3. The number of aromatic nitrogens is 2. The second-order valence-electron chi connectivity index (χ2n) is 7.58. The number of rotatable bonds is 6. The van der Waals surface area contributed by atoms with Crippen molar-refractivity contribution >= 4 is 17.5 Å². The Balaban J connectivity index is 1.43. The summed E-state index contributed by atoms with van der Waals surface area (Å²) in [5, 5.41) is 3.50. The third-order valence-electron chi connectivity index (χ3n) is 5.41. The number of anilines is 3. The van der Waals surface area contributed by atoms with Crippen molar-refractivity contribution in [3.63, 3.8) is 0 Å². The number of piperazine rings is 1. The van der Waals surface area contributed by atoms with Gasteiger partial charge in [-0.2, -0.15) is 4.98 Å². The summed E-state index contributed by atoms with van der Waals surface area (Å²) in [6, 6.07) is 21.1. The maximum Gasteiger partial charge on any atom is 0.227 e. The third kappa shape index (κ3) is 4.93. The number of hydrogen-bond donors (Lipinski definition) is 1. The zero-order valence-corrected chi connectivity index (χ0v) is 17.3. The smallest absolute Gasteiger partial charge is 0.227 e. The van der Waals surface area contributed by atoms with Crippen molar-refractivity contribution in [2.75, 3.05) is 36.4 Å². The zero-order chi connectivity index (χ0) is 20.1. The van der Waals surface area contributed by atoms with Gasteiger partial charge in [0.05, 0.1) is 0 Å². The molecule has 1 aliphatic rings. The molecule has 0 aliphatic carbocycles. The molecule has 1 fully saturated rings. The normalized spacial score (nSPS) is 14.8. The van der Waals surface area contributed by atoms with E-state index in [1.807, 2.05) is 13.0 Å². The Morgan fingerprint density at radius 3 is 2.38 bits per heavy atom. The first-order valence-electron chi connectivity index (χ1n) is 10.4. The lowest BCUT2D eigenvalue weighted by Gasteiger charge is -2.35. The van der Waals surface area contributed by atoms with Crippen LogP contribution in [-0.2, 0) is 13.0 Å². The summed E-state index contributed by atoms with van der Waals surface area (Å²) in [4.78, 5) is 14.3. The fraction of sp³-hybridized carbons (Fsp3) is 0.333. The minimum atomic E-state index is 0.820. The number of para-hydroxylation sites is 1. The molecule has 0 saturated carbocycles. The summed E-state index contributed by atoms with van der Waals surface area (Å²) >= 11 is 0. The molecule has 0 atom stereocenters. The van der Waals surface area contributed by atoms with Gasteiger partial charge < -0.3 is 10.2 Å². The van der Waals surface area contributed by atoms with Crippen molar-refractivity contribution in [2.45, 2.75) is 26.8 Å². The fourth-order valence-corrected chi connectivity index (χ4v) is 3.79. The van der Waals surface area contributed by atoms with Gasteiger partial charge >= 0.3 is 0 Å². The van der Waals surface area contributed by atoms with Crippen molar-refractivity contribution in [3.05, 3.63) is 77.5 Å². The molecule has 4 rings (SSSR count). The van der Waals surface area contributed by atoms with Gasteiger partial charge in [-0.05, 0) is 30.5 Å². The summed E-state index contributed by atoms with van der Waals surface area (Å²) < 4.78 is 0. The Hall–Kier alpha value is -2.92. The van der Waals surface area contributed by atoms with Crippen LogP contribution in [0.1, 0.15) is 23.7 Å². The van der Waals surface area contributed by atoms with Crippen LogP contribution < -0.4 is 10.2 Å². The first kappa shape index (κ1) is 19.4. The molecular weight excluding hydrogens is 358 g/mol. The van der Waals surface area contributed by atoms with Crippen LogP contribution in [0.5, 0.6) is 0 Å². The highest BCUT2D eigenvalue weighted by molar-refractivity contribution is 5.61. The molecule has 0 radical (unpaired) electrons. The molecule has 2 aromatic carbocycles. The minimum absolute atomic E-state index is 0.820. The SMILES string of the molecule is CCc1ccccc1Nc1cc(C)nc(N2CCN(Cc3ccccc3)CC2)n1. The molecule has 5 nitrogen and oxygen atoms in total. The molecule has 150 valence electrons. The molecule has 1 aliphatic heterocycles. The second-order valence-corrected chi connectivity index (χ2v) is 7.58. The maximum atomic E-state index is 4.82. The summed E-state index contributed by atoms with van der Waals surface area (Å²) in [5.74, 6) is 1.68. The van der Waals surface area contributed by atoms with Crippen LogP contribution in [-0.4, -0.2) is 41.0 Å². The first-order valence-corrected chi connectivity index (χ1v) is 10.4. The van der Waals surface area contributed by atoms with Gasteiger partial charge in [-0.25, -0.2) is 4.98 Å². The van der Waals surface area contributed by atoms with E-state index in [0.29, 0.717) is 0 Å². The second kappa shape index (κ2) is 9.05. The Morgan fingerprint density at radius 2 is 1.62 bits per heavy atom. The number of aryl methyl sites for hydroxylation is 2. The predicted octanol–water partition coefficient (Wildman–Crippen LogP) is 4.41. The van der Waals surface area contributed by atoms with E-state index in [1.165, 1.54) is 11.1 Å². The maximum absolute atomic E-state index is 4.82. The van der Waals surface area contributed by atoms with Crippen molar-refractivity contribution < 1.29 is 0 Å². The van der Waals surface area contributed by atoms with Crippen LogP contribution in [0.25, 0.3) is 0 Å². The van der Waals surface area contributed by atoms with Crippen LogP contribution in [0, 0.1) is 6.92 Å². The lowest BCUT2D eigenvalue weighted by Crippen LogP contribution is -2.46. The van der Waals surface area contributed by atoms with E-state index in [1.54, 1.807) is 0 Å². The lowest BCUT2D eigenvalue weighted by molar-refractivity contribution is 0.248. The number of benzene rings is 2. The van der Waals surface area contributed by atoms with Gasteiger partial charge in [0.2, 0.25) is 5.95 Å². The van der Waals surface area contributed by atoms with E-state index in [0.717, 1.165) is 62.3 Å². The van der Waals surface area contributed by atoms with Gasteiger partial charge in [-0.1, -0.05) is 55.5 Å². The Morgan fingerprint density at radius 1 is 0.897 bits per heavy atom. The quantitative estimate of drug-likeness (QED) is 0.679. The van der Waals surface area contributed by atoms with E-state index in [9.17, 15) is 0 Å². The van der Waals surface area contributed by atoms with Gasteiger partial charge in [0, 0.05) is 50.2 Å². The van der Waals surface area contributed by atoms with Gasteiger partial charge in [-0.15, -0.1) is 0 Å². The van der Waals surface area contributed by atoms with Gasteiger partial charge in [0.1, 0.15) is 5.82 Å². The Kier molecular flexibility index (Phi) is 6.06. The third-order valence-corrected chi connectivity index (χ3v) is 5.41. The van der Waals surface area contributed by atoms with Crippen LogP contribution in [0.3, 0.4) is 0 Å². The average molecular weight is 388 g/mol. The molecule has 5 heteroatoms. The monoisotopic (exact) mass is 387 g/mol. The van der Waals surface area contributed by atoms with E-state index in [4.69, 9.17) is 9.97 Å².